The fourth-order valence-electron chi connectivity index (χ4n) is 1.68. The highest BCUT2D eigenvalue weighted by Crippen LogP contribution is 2.22. The number of aliphatic hydroxyl groups is 2. The van der Waals surface area contributed by atoms with Crippen molar-refractivity contribution in [1.82, 2.24) is 0 Å². The standard InChI is InChI=1S/C14H14.2CH4O/c1-12(13-8-4-2-5-9-13)14-10-6-3-7-11-14;2*1-2/h2-12H,1H3;2*2H,1H3. The second-order valence-corrected chi connectivity index (χ2v) is 3.54. The van der Waals surface area contributed by atoms with Crippen LogP contribution in [-0.4, -0.2) is 24.4 Å². The number of hydrogen-bond acceptors (Lipinski definition) is 2. The Hall–Kier alpha value is -1.64. The quantitative estimate of drug-likeness (QED) is 0.855. The molecular formula is C16H22O2. The van der Waals surface area contributed by atoms with E-state index in [1.54, 1.807) is 0 Å². The first-order valence-corrected chi connectivity index (χ1v) is 5.87. The average molecular weight is 246 g/mol. The van der Waals surface area contributed by atoms with Crippen LogP contribution in [0.2, 0.25) is 0 Å². The van der Waals surface area contributed by atoms with Gasteiger partial charge in [0.15, 0.2) is 0 Å². The topological polar surface area (TPSA) is 40.5 Å². The predicted molar refractivity (Wildman–Crippen MR) is 76.7 cm³/mol. The SMILES string of the molecule is CC(c1ccccc1)c1ccccc1.CO.CO. The first-order valence-electron chi connectivity index (χ1n) is 5.87. The lowest BCUT2D eigenvalue weighted by Gasteiger charge is -2.11. The van der Waals surface area contributed by atoms with Crippen LogP contribution >= 0.6 is 0 Å². The summed E-state index contributed by atoms with van der Waals surface area (Å²) < 4.78 is 0. The number of aliphatic hydroxyl groups excluding tert-OH is 2. The van der Waals surface area contributed by atoms with E-state index in [-0.39, 0.29) is 0 Å². The lowest BCUT2D eigenvalue weighted by atomic mass is 9.93. The van der Waals surface area contributed by atoms with Gasteiger partial charge in [0.05, 0.1) is 0 Å². The minimum atomic E-state index is 0.484. The molecule has 0 heterocycles. The van der Waals surface area contributed by atoms with E-state index in [0.717, 1.165) is 14.2 Å². The largest absolute Gasteiger partial charge is 0.400 e. The van der Waals surface area contributed by atoms with E-state index < -0.39 is 0 Å². The predicted octanol–water partition coefficient (Wildman–Crippen LogP) is 3.06. The Bertz CT molecular complexity index is 345. The van der Waals surface area contributed by atoms with Crippen molar-refractivity contribution in [3.05, 3.63) is 71.8 Å². The zero-order chi connectivity index (χ0) is 13.8. The molecule has 0 radical (unpaired) electrons. The van der Waals surface area contributed by atoms with Gasteiger partial charge in [0.25, 0.3) is 0 Å². The van der Waals surface area contributed by atoms with Gasteiger partial charge in [-0.2, -0.15) is 0 Å². The molecule has 0 saturated carbocycles. The Morgan fingerprint density at radius 2 is 0.889 bits per heavy atom. The van der Waals surface area contributed by atoms with E-state index in [9.17, 15) is 0 Å². The first kappa shape index (κ1) is 16.4. The van der Waals surface area contributed by atoms with Gasteiger partial charge in [0.2, 0.25) is 0 Å². The molecule has 0 spiro atoms. The van der Waals surface area contributed by atoms with Crippen molar-refractivity contribution in [2.75, 3.05) is 14.2 Å². The summed E-state index contributed by atoms with van der Waals surface area (Å²) in [5, 5.41) is 14.0. The molecule has 0 aliphatic carbocycles. The second-order valence-electron chi connectivity index (χ2n) is 3.54. The van der Waals surface area contributed by atoms with Gasteiger partial charge in [-0.25, -0.2) is 0 Å². The molecule has 2 aromatic carbocycles. The first-order chi connectivity index (χ1) is 8.88. The maximum absolute atomic E-state index is 7.00. The average Bonchev–Trinajstić information content (AvgIpc) is 2.52. The van der Waals surface area contributed by atoms with E-state index in [0.29, 0.717) is 5.92 Å². The number of hydrogen-bond donors (Lipinski definition) is 2. The van der Waals surface area contributed by atoms with Crippen LogP contribution < -0.4 is 0 Å². The van der Waals surface area contributed by atoms with Crippen LogP contribution in [0.25, 0.3) is 0 Å². The second kappa shape index (κ2) is 10.5. The molecule has 0 saturated heterocycles. The Morgan fingerprint density at radius 3 is 1.17 bits per heavy atom. The molecule has 2 N–H and O–H groups in total. The van der Waals surface area contributed by atoms with Gasteiger partial charge >= 0.3 is 0 Å². The number of rotatable bonds is 2. The fraction of sp³-hybridized carbons (Fsp3) is 0.250. The summed E-state index contributed by atoms with van der Waals surface area (Å²) in [6.07, 6.45) is 0. The highest BCUT2D eigenvalue weighted by Gasteiger charge is 2.05. The molecule has 0 fully saturated rings. The molecule has 2 heteroatoms. The van der Waals surface area contributed by atoms with Crippen LogP contribution in [0.3, 0.4) is 0 Å². The van der Waals surface area contributed by atoms with Crippen molar-refractivity contribution >= 4 is 0 Å². The smallest absolute Gasteiger partial charge is 0.0319 e. The van der Waals surface area contributed by atoms with E-state index >= 15 is 0 Å². The molecule has 0 aromatic heterocycles. The number of benzene rings is 2. The van der Waals surface area contributed by atoms with Gasteiger partial charge in [-0.15, -0.1) is 0 Å². The molecule has 0 bridgehead atoms. The molecule has 0 atom stereocenters. The lowest BCUT2D eigenvalue weighted by Crippen LogP contribution is -1.94. The maximum Gasteiger partial charge on any atom is 0.0319 e. The Labute approximate surface area is 110 Å². The highest BCUT2D eigenvalue weighted by atomic mass is 16.2. The van der Waals surface area contributed by atoms with Crippen molar-refractivity contribution in [3.63, 3.8) is 0 Å². The molecule has 0 aliphatic heterocycles. The van der Waals surface area contributed by atoms with Crippen LogP contribution in [-0.2, 0) is 0 Å². The van der Waals surface area contributed by atoms with Crippen molar-refractivity contribution in [3.8, 4) is 0 Å². The van der Waals surface area contributed by atoms with Gasteiger partial charge in [-0.05, 0) is 11.1 Å². The summed E-state index contributed by atoms with van der Waals surface area (Å²) >= 11 is 0. The van der Waals surface area contributed by atoms with Crippen molar-refractivity contribution in [2.24, 2.45) is 0 Å². The third-order valence-corrected chi connectivity index (χ3v) is 2.60. The van der Waals surface area contributed by atoms with E-state index in [2.05, 4.69) is 67.6 Å². The summed E-state index contributed by atoms with van der Waals surface area (Å²) in [7, 11) is 2.00. The van der Waals surface area contributed by atoms with Gasteiger partial charge in [0, 0.05) is 20.1 Å². The van der Waals surface area contributed by atoms with Crippen LogP contribution in [0.15, 0.2) is 60.7 Å². The van der Waals surface area contributed by atoms with Gasteiger partial charge in [-0.3, -0.25) is 0 Å². The Morgan fingerprint density at radius 1 is 0.611 bits per heavy atom. The monoisotopic (exact) mass is 246 g/mol. The third-order valence-electron chi connectivity index (χ3n) is 2.60. The third kappa shape index (κ3) is 5.13. The molecule has 2 rings (SSSR count). The molecule has 0 unspecified atom stereocenters. The van der Waals surface area contributed by atoms with Gasteiger partial charge in [-0.1, -0.05) is 67.6 Å². The van der Waals surface area contributed by atoms with Crippen molar-refractivity contribution < 1.29 is 10.2 Å². The van der Waals surface area contributed by atoms with Gasteiger partial charge < -0.3 is 10.2 Å². The molecule has 2 nitrogen and oxygen atoms in total. The summed E-state index contributed by atoms with van der Waals surface area (Å²) in [6, 6.07) is 21.2. The summed E-state index contributed by atoms with van der Waals surface area (Å²) in [6.45, 7) is 2.24. The van der Waals surface area contributed by atoms with Crippen LogP contribution in [0.1, 0.15) is 24.0 Å². The summed E-state index contributed by atoms with van der Waals surface area (Å²) in [5.74, 6) is 0.484. The molecule has 98 valence electrons. The zero-order valence-corrected chi connectivity index (χ0v) is 11.2. The Kier molecular flexibility index (Phi) is 9.55. The molecule has 2 aromatic rings. The van der Waals surface area contributed by atoms with Crippen molar-refractivity contribution in [1.29, 1.82) is 0 Å². The fourth-order valence-corrected chi connectivity index (χ4v) is 1.68. The zero-order valence-electron chi connectivity index (χ0n) is 11.2. The highest BCUT2D eigenvalue weighted by molar-refractivity contribution is 5.31. The minimum absolute atomic E-state index is 0.484. The lowest BCUT2D eigenvalue weighted by molar-refractivity contribution is 0.399. The van der Waals surface area contributed by atoms with Gasteiger partial charge in [0.1, 0.15) is 0 Å². The van der Waals surface area contributed by atoms with Crippen LogP contribution in [0.4, 0.5) is 0 Å². The van der Waals surface area contributed by atoms with E-state index in [1.807, 2.05) is 0 Å². The molecule has 0 amide bonds. The molecule has 0 aliphatic rings. The van der Waals surface area contributed by atoms with E-state index in [1.165, 1.54) is 11.1 Å². The molecular weight excluding hydrogens is 224 g/mol. The van der Waals surface area contributed by atoms with Crippen LogP contribution in [0, 0.1) is 0 Å². The molecule has 18 heavy (non-hydrogen) atoms. The summed E-state index contributed by atoms with van der Waals surface area (Å²) in [4.78, 5) is 0. The van der Waals surface area contributed by atoms with E-state index in [4.69, 9.17) is 10.2 Å². The Balaban J connectivity index is 0.000000659. The summed E-state index contributed by atoms with van der Waals surface area (Å²) in [5.41, 5.74) is 2.75. The maximum atomic E-state index is 7.00. The van der Waals surface area contributed by atoms with Crippen LogP contribution in [0.5, 0.6) is 0 Å². The van der Waals surface area contributed by atoms with Crippen molar-refractivity contribution in [2.45, 2.75) is 12.8 Å². The normalized spacial score (nSPS) is 8.78. The minimum Gasteiger partial charge on any atom is -0.400 e.